The fourth-order valence-corrected chi connectivity index (χ4v) is 5.06. The topological polar surface area (TPSA) is 90.5 Å². The first-order valence-corrected chi connectivity index (χ1v) is 10.8. The third kappa shape index (κ3) is 3.70. The molecule has 0 unspecified atom stereocenters. The molecule has 4 rings (SSSR count). The van der Waals surface area contributed by atoms with E-state index in [-0.39, 0.29) is 14.5 Å². The normalized spacial score (nSPS) is 11.2. The number of ether oxygens (including phenoxy) is 1. The van der Waals surface area contributed by atoms with E-state index in [0.29, 0.717) is 16.7 Å². The molecule has 2 aromatic carbocycles. The Hall–Kier alpha value is -3.28. The molecule has 0 fully saturated rings. The second-order valence-electron chi connectivity index (χ2n) is 6.17. The van der Waals surface area contributed by atoms with E-state index in [1.165, 1.54) is 6.40 Å². The van der Waals surface area contributed by atoms with Crippen molar-refractivity contribution in [3.8, 4) is 22.4 Å². The summed E-state index contributed by atoms with van der Waals surface area (Å²) in [6.07, 6.45) is 1.36. The van der Waals surface area contributed by atoms with Gasteiger partial charge in [-0.15, -0.1) is 0 Å². The second kappa shape index (κ2) is 8.39. The summed E-state index contributed by atoms with van der Waals surface area (Å²) < 4.78 is 6.51. The van der Waals surface area contributed by atoms with Crippen molar-refractivity contribution in [1.82, 2.24) is 10.2 Å². The summed E-state index contributed by atoms with van der Waals surface area (Å²) in [5.41, 5.74) is 9.73. The third-order valence-corrected chi connectivity index (χ3v) is 6.61. The number of primary amides is 1. The molecular formula is C22H18N4O2Se. The summed E-state index contributed by atoms with van der Waals surface area (Å²) in [6, 6.07) is 19.8. The number of nitrogens with zero attached hydrogens (tertiary/aromatic N) is 3. The predicted octanol–water partition coefficient (Wildman–Crippen LogP) is 3.82. The van der Waals surface area contributed by atoms with Crippen LogP contribution < -0.4 is 5.73 Å². The minimum atomic E-state index is -0.494. The Morgan fingerprint density at radius 1 is 1.07 bits per heavy atom. The van der Waals surface area contributed by atoms with Crippen LogP contribution in [0.4, 0.5) is 5.69 Å². The summed E-state index contributed by atoms with van der Waals surface area (Å²) in [7, 11) is 0. The van der Waals surface area contributed by atoms with Crippen LogP contribution in [0.3, 0.4) is 0 Å². The molecule has 6 nitrogen and oxygen atoms in total. The van der Waals surface area contributed by atoms with Crippen LogP contribution in [0.2, 0.25) is 0 Å². The van der Waals surface area contributed by atoms with Crippen LogP contribution in [0.25, 0.3) is 32.2 Å². The van der Waals surface area contributed by atoms with Gasteiger partial charge in [-0.2, -0.15) is 0 Å². The molecule has 7 heteroatoms. The Morgan fingerprint density at radius 2 is 1.72 bits per heavy atom. The SMILES string of the molecule is CCOC=Nc1c(C(N)=O)[se]c2nnc(-c3ccccc3)c(-c3ccccc3)c12. The van der Waals surface area contributed by atoms with Crippen molar-refractivity contribution >= 4 is 42.3 Å². The molecule has 144 valence electrons. The predicted molar refractivity (Wildman–Crippen MR) is 116 cm³/mol. The molecule has 2 aromatic heterocycles. The quantitative estimate of drug-likeness (QED) is 0.275. The molecule has 0 atom stereocenters. The van der Waals surface area contributed by atoms with E-state index in [2.05, 4.69) is 15.2 Å². The van der Waals surface area contributed by atoms with Crippen molar-refractivity contribution in [2.45, 2.75) is 6.92 Å². The number of nitrogens with two attached hydrogens (primary N) is 1. The molecular weight excluding hydrogens is 431 g/mol. The van der Waals surface area contributed by atoms with Crippen LogP contribution >= 0.6 is 0 Å². The average Bonchev–Trinajstić information content (AvgIpc) is 3.13. The van der Waals surface area contributed by atoms with E-state index in [1.54, 1.807) is 0 Å². The van der Waals surface area contributed by atoms with Crippen LogP contribution in [0.5, 0.6) is 0 Å². The van der Waals surface area contributed by atoms with Gasteiger partial charge in [0.25, 0.3) is 0 Å². The molecule has 29 heavy (non-hydrogen) atoms. The molecule has 2 N–H and O–H groups in total. The van der Waals surface area contributed by atoms with Crippen LogP contribution in [-0.4, -0.2) is 43.6 Å². The van der Waals surface area contributed by atoms with E-state index < -0.39 is 5.91 Å². The molecule has 2 heterocycles. The first kappa shape index (κ1) is 19.1. The molecule has 0 aliphatic carbocycles. The average molecular weight is 449 g/mol. The number of fused-ring (bicyclic) bond motifs is 1. The number of hydrogen-bond donors (Lipinski definition) is 1. The van der Waals surface area contributed by atoms with Crippen LogP contribution in [0.15, 0.2) is 65.7 Å². The molecule has 0 spiro atoms. The van der Waals surface area contributed by atoms with Crippen LogP contribution in [0, 0.1) is 0 Å². The molecule has 0 aliphatic rings. The molecule has 0 aliphatic heterocycles. The Kier molecular flexibility index (Phi) is 5.51. The zero-order chi connectivity index (χ0) is 20.2. The van der Waals surface area contributed by atoms with Crippen LogP contribution in [-0.2, 0) is 4.74 Å². The molecule has 4 aromatic rings. The van der Waals surface area contributed by atoms with Gasteiger partial charge in [0.05, 0.1) is 0 Å². The van der Waals surface area contributed by atoms with E-state index in [0.717, 1.165) is 32.2 Å². The number of rotatable bonds is 6. The van der Waals surface area contributed by atoms with Gasteiger partial charge in [-0.05, 0) is 0 Å². The zero-order valence-corrected chi connectivity index (χ0v) is 17.4. The number of aromatic nitrogens is 2. The fraction of sp³-hybridized carbons (Fsp3) is 0.0909. The van der Waals surface area contributed by atoms with Crippen molar-refractivity contribution in [3.05, 3.63) is 65.1 Å². The Balaban J connectivity index is 2.10. The molecule has 0 saturated heterocycles. The van der Waals surface area contributed by atoms with E-state index in [9.17, 15) is 4.79 Å². The summed E-state index contributed by atoms with van der Waals surface area (Å²) in [5, 5.41) is 9.77. The number of benzene rings is 2. The number of aliphatic imine (C=N–C) groups is 1. The van der Waals surface area contributed by atoms with E-state index >= 15 is 0 Å². The number of carbonyl (C=O) groups is 1. The number of carbonyl (C=O) groups excluding carboxylic acids is 1. The van der Waals surface area contributed by atoms with Crippen molar-refractivity contribution in [2.24, 2.45) is 10.7 Å². The van der Waals surface area contributed by atoms with Gasteiger partial charge in [-0.1, -0.05) is 0 Å². The van der Waals surface area contributed by atoms with Gasteiger partial charge >= 0.3 is 174 Å². The van der Waals surface area contributed by atoms with Crippen molar-refractivity contribution in [3.63, 3.8) is 0 Å². The van der Waals surface area contributed by atoms with E-state index in [1.807, 2.05) is 67.6 Å². The maximum absolute atomic E-state index is 12.1. The van der Waals surface area contributed by atoms with Gasteiger partial charge in [-0.25, -0.2) is 0 Å². The second-order valence-corrected chi connectivity index (χ2v) is 8.27. The Bertz CT molecular complexity index is 1190. The minimum absolute atomic E-state index is 0.369. The van der Waals surface area contributed by atoms with Crippen LogP contribution in [0.1, 0.15) is 16.2 Å². The maximum atomic E-state index is 12.1. The van der Waals surface area contributed by atoms with E-state index in [4.69, 9.17) is 10.5 Å². The number of amides is 1. The fourth-order valence-electron chi connectivity index (χ4n) is 3.11. The van der Waals surface area contributed by atoms with Gasteiger partial charge < -0.3 is 0 Å². The van der Waals surface area contributed by atoms with Crippen molar-refractivity contribution in [1.29, 1.82) is 0 Å². The first-order valence-electron chi connectivity index (χ1n) is 9.08. The zero-order valence-electron chi connectivity index (χ0n) is 15.7. The first-order chi connectivity index (χ1) is 14.2. The summed E-state index contributed by atoms with van der Waals surface area (Å²) >= 11 is -0.369. The molecule has 0 saturated carbocycles. The van der Waals surface area contributed by atoms with Gasteiger partial charge in [0.1, 0.15) is 0 Å². The summed E-state index contributed by atoms with van der Waals surface area (Å²) in [4.78, 5) is 16.6. The summed E-state index contributed by atoms with van der Waals surface area (Å²) in [6.45, 7) is 2.35. The molecule has 1 amide bonds. The van der Waals surface area contributed by atoms with Gasteiger partial charge in [0.15, 0.2) is 0 Å². The van der Waals surface area contributed by atoms with Gasteiger partial charge in [-0.3, -0.25) is 0 Å². The molecule has 0 radical (unpaired) electrons. The summed E-state index contributed by atoms with van der Waals surface area (Å²) in [5.74, 6) is -0.494. The van der Waals surface area contributed by atoms with Gasteiger partial charge in [0, 0.05) is 0 Å². The monoisotopic (exact) mass is 450 g/mol. The van der Waals surface area contributed by atoms with Gasteiger partial charge in [0.2, 0.25) is 0 Å². The molecule has 0 bridgehead atoms. The number of hydrogen-bond acceptors (Lipinski definition) is 5. The van der Waals surface area contributed by atoms with Crippen molar-refractivity contribution < 1.29 is 9.53 Å². The third-order valence-electron chi connectivity index (χ3n) is 4.35. The Labute approximate surface area is 173 Å². The Morgan fingerprint density at radius 3 is 2.34 bits per heavy atom. The standard InChI is InChI=1S/C22H18N4O2Se/c1-2-28-13-24-19-17-16(14-9-5-3-6-10-14)18(15-11-7-4-8-12-15)25-26-22(17)29-20(19)21(23)27/h3-13H,2H2,1H3,(H2,23,27). The van der Waals surface area contributed by atoms with Crippen molar-refractivity contribution in [2.75, 3.05) is 6.61 Å².